The van der Waals surface area contributed by atoms with Crippen molar-refractivity contribution in [1.82, 2.24) is 0 Å². The summed E-state index contributed by atoms with van der Waals surface area (Å²) in [5.41, 5.74) is 4.28. The Balaban J connectivity index is 2.03. The van der Waals surface area contributed by atoms with Gasteiger partial charge >= 0.3 is 0 Å². The number of anilines is 1. The normalized spacial score (nSPS) is 13.8. The van der Waals surface area contributed by atoms with Gasteiger partial charge in [-0.2, -0.15) is 0 Å². The zero-order valence-electron chi connectivity index (χ0n) is 11.8. The van der Waals surface area contributed by atoms with E-state index in [1.807, 2.05) is 44.2 Å². The lowest BCUT2D eigenvalue weighted by Gasteiger charge is -2.19. The van der Waals surface area contributed by atoms with Gasteiger partial charge in [0.1, 0.15) is 0 Å². The smallest absolute Gasteiger partial charge is 0.299 e. The number of amides is 1. The number of benzene rings is 2. The first-order valence-electron chi connectivity index (χ1n) is 6.69. The Morgan fingerprint density at radius 3 is 2.38 bits per heavy atom. The van der Waals surface area contributed by atoms with Gasteiger partial charge in [0.2, 0.25) is 0 Å². The number of carbonyl (C=O) groups excluding carboxylic acids is 2. The Kier molecular flexibility index (Phi) is 3.57. The number of fused-ring (bicyclic) bond motifs is 1. The maximum absolute atomic E-state index is 12.3. The molecule has 106 valence electrons. The molecule has 0 atom stereocenters. The predicted molar refractivity (Wildman–Crippen MR) is 90.6 cm³/mol. The number of carbonyl (C=O) groups is 2. The highest BCUT2D eigenvalue weighted by atomic mass is 127. The monoisotopic (exact) mass is 391 g/mol. The van der Waals surface area contributed by atoms with Crippen LogP contribution in [0.15, 0.2) is 36.4 Å². The molecule has 1 heterocycles. The van der Waals surface area contributed by atoms with Crippen LogP contribution in [0, 0.1) is 17.4 Å². The summed E-state index contributed by atoms with van der Waals surface area (Å²) in [4.78, 5) is 26.0. The van der Waals surface area contributed by atoms with Crippen molar-refractivity contribution in [2.75, 3.05) is 4.90 Å². The summed E-state index contributed by atoms with van der Waals surface area (Å²) in [6.45, 7) is 4.31. The number of aryl methyl sites for hydroxylation is 2. The Morgan fingerprint density at radius 2 is 1.71 bits per heavy atom. The lowest BCUT2D eigenvalue weighted by molar-refractivity contribution is -0.114. The number of Topliss-reactive ketones (excluding diaryl/α,β-unsaturated/α-hetero) is 1. The Bertz CT molecular complexity index is 750. The van der Waals surface area contributed by atoms with E-state index in [1.165, 1.54) is 0 Å². The highest BCUT2D eigenvalue weighted by molar-refractivity contribution is 14.1. The predicted octanol–water partition coefficient (Wildman–Crippen LogP) is 3.64. The minimum Gasteiger partial charge on any atom is -0.300 e. The van der Waals surface area contributed by atoms with Gasteiger partial charge in [-0.05, 0) is 71.3 Å². The molecule has 3 rings (SSSR count). The molecule has 0 spiro atoms. The molecule has 0 saturated heterocycles. The van der Waals surface area contributed by atoms with Gasteiger partial charge in [0, 0.05) is 3.57 Å². The number of nitrogens with zero attached hydrogens (tertiary/aromatic N) is 1. The third-order valence-electron chi connectivity index (χ3n) is 3.65. The van der Waals surface area contributed by atoms with E-state index in [1.54, 1.807) is 11.0 Å². The minimum atomic E-state index is -0.433. The molecule has 0 saturated carbocycles. The molecule has 0 unspecified atom stereocenters. The second kappa shape index (κ2) is 5.26. The molecule has 0 N–H and O–H groups in total. The van der Waals surface area contributed by atoms with E-state index >= 15 is 0 Å². The molecule has 0 fully saturated rings. The van der Waals surface area contributed by atoms with E-state index in [-0.39, 0.29) is 0 Å². The minimum absolute atomic E-state index is 0.401. The standard InChI is InChI=1S/C17H14INO2/c1-10-7-11(2)15-14(8-10)16(20)17(21)19(15)9-12-3-5-13(18)6-4-12/h3-8H,9H2,1-2H3. The van der Waals surface area contributed by atoms with E-state index < -0.39 is 11.7 Å². The van der Waals surface area contributed by atoms with Gasteiger partial charge in [0.05, 0.1) is 17.8 Å². The SMILES string of the molecule is Cc1cc(C)c2c(c1)C(=O)C(=O)N2Cc1ccc(I)cc1. The highest BCUT2D eigenvalue weighted by Gasteiger charge is 2.36. The van der Waals surface area contributed by atoms with Crippen LogP contribution in [0.25, 0.3) is 0 Å². The average molecular weight is 391 g/mol. The molecule has 1 amide bonds. The van der Waals surface area contributed by atoms with Gasteiger partial charge < -0.3 is 4.90 Å². The third kappa shape index (κ3) is 2.48. The molecular formula is C17H14INO2. The van der Waals surface area contributed by atoms with Crippen LogP contribution < -0.4 is 4.90 Å². The Hall–Kier alpha value is -1.69. The van der Waals surface area contributed by atoms with Crippen molar-refractivity contribution in [3.63, 3.8) is 0 Å². The molecule has 4 heteroatoms. The molecule has 0 aliphatic carbocycles. The van der Waals surface area contributed by atoms with Crippen molar-refractivity contribution in [2.24, 2.45) is 0 Å². The van der Waals surface area contributed by atoms with E-state index in [2.05, 4.69) is 22.6 Å². The lowest BCUT2D eigenvalue weighted by Crippen LogP contribution is -2.29. The van der Waals surface area contributed by atoms with E-state index in [4.69, 9.17) is 0 Å². The molecule has 3 nitrogen and oxygen atoms in total. The largest absolute Gasteiger partial charge is 0.300 e. The molecule has 2 aromatic carbocycles. The van der Waals surface area contributed by atoms with Gasteiger partial charge in [0.15, 0.2) is 0 Å². The molecule has 0 aromatic heterocycles. The summed E-state index contributed by atoms with van der Waals surface area (Å²) >= 11 is 2.24. The second-order valence-electron chi connectivity index (χ2n) is 5.32. The zero-order chi connectivity index (χ0) is 15.1. The van der Waals surface area contributed by atoms with Crippen LogP contribution in [0.1, 0.15) is 27.0 Å². The van der Waals surface area contributed by atoms with Crippen molar-refractivity contribution in [1.29, 1.82) is 0 Å². The van der Waals surface area contributed by atoms with Crippen molar-refractivity contribution in [2.45, 2.75) is 20.4 Å². The first kappa shape index (κ1) is 14.3. The van der Waals surface area contributed by atoms with Gasteiger partial charge in [-0.1, -0.05) is 18.2 Å². The van der Waals surface area contributed by atoms with Crippen LogP contribution in [0.3, 0.4) is 0 Å². The summed E-state index contributed by atoms with van der Waals surface area (Å²) in [6.07, 6.45) is 0. The van der Waals surface area contributed by atoms with Gasteiger partial charge in [-0.25, -0.2) is 0 Å². The number of rotatable bonds is 2. The van der Waals surface area contributed by atoms with Crippen LogP contribution in [-0.2, 0) is 11.3 Å². The van der Waals surface area contributed by atoms with Crippen LogP contribution >= 0.6 is 22.6 Å². The molecule has 1 aliphatic rings. The molecule has 0 bridgehead atoms. The van der Waals surface area contributed by atoms with E-state index in [9.17, 15) is 9.59 Å². The van der Waals surface area contributed by atoms with Crippen LogP contribution in [0.5, 0.6) is 0 Å². The summed E-state index contributed by atoms with van der Waals surface area (Å²) in [5.74, 6) is -0.834. The fourth-order valence-corrected chi connectivity index (χ4v) is 3.11. The van der Waals surface area contributed by atoms with Gasteiger partial charge in [-0.3, -0.25) is 9.59 Å². The Morgan fingerprint density at radius 1 is 1.05 bits per heavy atom. The van der Waals surface area contributed by atoms with Gasteiger partial charge in [-0.15, -0.1) is 0 Å². The summed E-state index contributed by atoms with van der Waals surface area (Å²) in [6, 6.07) is 11.8. The fraction of sp³-hybridized carbons (Fsp3) is 0.176. The highest BCUT2D eigenvalue weighted by Crippen LogP contribution is 2.34. The van der Waals surface area contributed by atoms with Crippen LogP contribution in [-0.4, -0.2) is 11.7 Å². The fourth-order valence-electron chi connectivity index (χ4n) is 2.75. The number of halogens is 1. The molecular weight excluding hydrogens is 377 g/mol. The quantitative estimate of drug-likeness (QED) is 0.579. The first-order chi connectivity index (χ1) is 9.97. The van der Waals surface area contributed by atoms with Crippen LogP contribution in [0.2, 0.25) is 0 Å². The summed E-state index contributed by atoms with van der Waals surface area (Å²) in [5, 5.41) is 0. The number of hydrogen-bond acceptors (Lipinski definition) is 2. The average Bonchev–Trinajstić information content (AvgIpc) is 2.67. The maximum Gasteiger partial charge on any atom is 0.299 e. The van der Waals surface area contributed by atoms with E-state index in [0.29, 0.717) is 12.1 Å². The summed E-state index contributed by atoms with van der Waals surface area (Å²) < 4.78 is 1.15. The number of hydrogen-bond donors (Lipinski definition) is 0. The third-order valence-corrected chi connectivity index (χ3v) is 4.37. The second-order valence-corrected chi connectivity index (χ2v) is 6.57. The molecule has 2 aromatic rings. The maximum atomic E-state index is 12.3. The lowest BCUT2D eigenvalue weighted by atomic mass is 10.0. The molecule has 1 aliphatic heterocycles. The van der Waals surface area contributed by atoms with Crippen molar-refractivity contribution in [3.8, 4) is 0 Å². The molecule has 0 radical (unpaired) electrons. The van der Waals surface area contributed by atoms with Crippen molar-refractivity contribution >= 4 is 40.0 Å². The first-order valence-corrected chi connectivity index (χ1v) is 7.77. The summed E-state index contributed by atoms with van der Waals surface area (Å²) in [7, 11) is 0. The molecule has 21 heavy (non-hydrogen) atoms. The van der Waals surface area contributed by atoms with Crippen LogP contribution in [0.4, 0.5) is 5.69 Å². The van der Waals surface area contributed by atoms with Gasteiger partial charge in [0.25, 0.3) is 11.7 Å². The topological polar surface area (TPSA) is 37.4 Å². The number of ketones is 1. The van der Waals surface area contributed by atoms with Crippen molar-refractivity contribution < 1.29 is 9.59 Å². The zero-order valence-corrected chi connectivity index (χ0v) is 14.0. The Labute approximate surface area is 137 Å². The van der Waals surface area contributed by atoms with Crippen molar-refractivity contribution in [3.05, 3.63) is 62.2 Å². The van der Waals surface area contributed by atoms with E-state index in [0.717, 1.165) is 25.9 Å².